The average molecular weight is 391 g/mol. The minimum Gasteiger partial charge on any atom is -0.455 e. The molecule has 2 heterocycles. The molecule has 0 amide bonds. The summed E-state index contributed by atoms with van der Waals surface area (Å²) in [5, 5.41) is 24.4. The fourth-order valence-electron chi connectivity index (χ4n) is 2.72. The highest BCUT2D eigenvalue weighted by Gasteiger charge is 2.12. The van der Waals surface area contributed by atoms with Crippen LogP contribution in [-0.4, -0.2) is 23.2 Å². The Hall–Kier alpha value is -4.03. The zero-order valence-electron chi connectivity index (χ0n) is 15.7. The third kappa shape index (κ3) is 4.63. The molecule has 1 N–H and O–H groups in total. The molecule has 0 unspecified atom stereocenters. The topological polar surface area (TPSA) is 127 Å². The van der Waals surface area contributed by atoms with Crippen molar-refractivity contribution in [1.82, 2.24) is 4.98 Å². The summed E-state index contributed by atoms with van der Waals surface area (Å²) in [7, 11) is 1.55. The molecule has 9 nitrogen and oxygen atoms in total. The maximum atomic E-state index is 10.9. The van der Waals surface area contributed by atoms with Crippen LogP contribution in [0.25, 0.3) is 11.3 Å². The predicted molar refractivity (Wildman–Crippen MR) is 106 cm³/mol. The molecule has 9 heteroatoms. The number of hydrogen-bond donors (Lipinski definition) is 1. The lowest BCUT2D eigenvalue weighted by atomic mass is 10.1. The summed E-state index contributed by atoms with van der Waals surface area (Å²) in [5.74, 6) is 1.23. The third-order valence-corrected chi connectivity index (χ3v) is 3.97. The standard InChI is InChI=1S/C20H17N5O4/c1-13-8-15(12-28-2)18(10-21)20(23-13)24-22-11-17-6-7-19(29-17)14-4-3-5-16(9-14)25(26)27/h3-9,11H,12H2,1-2H3,(H,23,24)/b22-11-. The summed E-state index contributed by atoms with van der Waals surface area (Å²) in [4.78, 5) is 14.8. The van der Waals surface area contributed by atoms with E-state index in [0.29, 0.717) is 34.0 Å². The number of hydrazone groups is 1. The van der Waals surface area contributed by atoms with Crippen molar-refractivity contribution < 1.29 is 14.1 Å². The molecule has 3 rings (SSSR count). The van der Waals surface area contributed by atoms with Gasteiger partial charge in [0.2, 0.25) is 0 Å². The van der Waals surface area contributed by atoms with Gasteiger partial charge < -0.3 is 9.15 Å². The van der Waals surface area contributed by atoms with Gasteiger partial charge in [-0.3, -0.25) is 15.5 Å². The van der Waals surface area contributed by atoms with Crippen LogP contribution in [0.15, 0.2) is 52.0 Å². The Labute approximate surface area is 166 Å². The zero-order chi connectivity index (χ0) is 20.8. The fourth-order valence-corrected chi connectivity index (χ4v) is 2.72. The number of hydrogen-bond acceptors (Lipinski definition) is 8. The van der Waals surface area contributed by atoms with Crippen LogP contribution >= 0.6 is 0 Å². The SMILES string of the molecule is COCc1cc(C)nc(N/N=C\c2ccc(-c3cccc([N+](=O)[O-])c3)o2)c1C#N. The van der Waals surface area contributed by atoms with E-state index < -0.39 is 4.92 Å². The minimum absolute atomic E-state index is 0.0165. The number of ether oxygens (including phenoxy) is 1. The zero-order valence-corrected chi connectivity index (χ0v) is 15.7. The molecule has 0 atom stereocenters. The first-order chi connectivity index (χ1) is 14.0. The van der Waals surface area contributed by atoms with Crippen LogP contribution in [0, 0.1) is 28.4 Å². The monoisotopic (exact) mass is 391 g/mol. The molecule has 0 radical (unpaired) electrons. The molecule has 0 saturated carbocycles. The summed E-state index contributed by atoms with van der Waals surface area (Å²) in [6.07, 6.45) is 1.43. The number of nitro groups is 1. The van der Waals surface area contributed by atoms with Crippen molar-refractivity contribution in [2.24, 2.45) is 5.10 Å². The van der Waals surface area contributed by atoms with Gasteiger partial charge in [0, 0.05) is 36.1 Å². The van der Waals surface area contributed by atoms with E-state index in [-0.39, 0.29) is 12.3 Å². The number of non-ortho nitro benzene ring substituents is 1. The average Bonchev–Trinajstić information content (AvgIpc) is 3.17. The van der Waals surface area contributed by atoms with Gasteiger partial charge in [-0.1, -0.05) is 12.1 Å². The van der Waals surface area contributed by atoms with Crippen molar-refractivity contribution in [2.75, 3.05) is 12.5 Å². The van der Waals surface area contributed by atoms with E-state index in [2.05, 4.69) is 21.6 Å². The number of nitrogens with zero attached hydrogens (tertiary/aromatic N) is 4. The van der Waals surface area contributed by atoms with Crippen molar-refractivity contribution in [3.05, 3.63) is 75.2 Å². The van der Waals surface area contributed by atoms with E-state index in [1.165, 1.54) is 18.3 Å². The van der Waals surface area contributed by atoms with Crippen LogP contribution in [0.5, 0.6) is 0 Å². The predicted octanol–water partition coefficient (Wildman–Crippen LogP) is 4.02. The van der Waals surface area contributed by atoms with Crippen LogP contribution in [0.2, 0.25) is 0 Å². The Bertz CT molecular complexity index is 1110. The third-order valence-electron chi connectivity index (χ3n) is 3.97. The highest BCUT2D eigenvalue weighted by Crippen LogP contribution is 2.25. The second kappa shape index (κ2) is 8.77. The van der Waals surface area contributed by atoms with E-state index in [4.69, 9.17) is 9.15 Å². The number of nitriles is 1. The second-order valence-electron chi connectivity index (χ2n) is 6.07. The van der Waals surface area contributed by atoms with E-state index in [9.17, 15) is 15.4 Å². The van der Waals surface area contributed by atoms with Crippen LogP contribution in [0.4, 0.5) is 11.5 Å². The van der Waals surface area contributed by atoms with Gasteiger partial charge in [-0.15, -0.1) is 0 Å². The molecule has 29 heavy (non-hydrogen) atoms. The Balaban J connectivity index is 1.78. The molecule has 0 saturated heterocycles. The van der Waals surface area contributed by atoms with Gasteiger partial charge in [0.15, 0.2) is 5.82 Å². The molecule has 3 aromatic rings. The van der Waals surface area contributed by atoms with Gasteiger partial charge in [-0.05, 0) is 25.1 Å². The molecule has 1 aromatic carbocycles. The first kappa shape index (κ1) is 19.7. The Morgan fingerprint density at radius 1 is 1.38 bits per heavy atom. The smallest absolute Gasteiger partial charge is 0.270 e. The largest absolute Gasteiger partial charge is 0.455 e. The van der Waals surface area contributed by atoms with Crippen LogP contribution in [-0.2, 0) is 11.3 Å². The number of anilines is 1. The van der Waals surface area contributed by atoms with Crippen LogP contribution in [0.1, 0.15) is 22.6 Å². The first-order valence-electron chi connectivity index (χ1n) is 8.55. The summed E-state index contributed by atoms with van der Waals surface area (Å²) in [5.41, 5.74) is 5.12. The van der Waals surface area contributed by atoms with Crippen LogP contribution < -0.4 is 5.43 Å². The molecule has 0 aliphatic heterocycles. The van der Waals surface area contributed by atoms with Crippen molar-refractivity contribution in [3.8, 4) is 17.4 Å². The van der Waals surface area contributed by atoms with Crippen molar-refractivity contribution in [1.29, 1.82) is 5.26 Å². The van der Waals surface area contributed by atoms with E-state index in [0.717, 1.165) is 5.69 Å². The minimum atomic E-state index is -0.460. The maximum absolute atomic E-state index is 10.9. The lowest BCUT2D eigenvalue weighted by Gasteiger charge is -2.08. The fraction of sp³-hybridized carbons (Fsp3) is 0.150. The quantitative estimate of drug-likeness (QED) is 0.366. The normalized spacial score (nSPS) is 10.8. The van der Waals surface area contributed by atoms with Gasteiger partial charge in [0.05, 0.1) is 17.7 Å². The summed E-state index contributed by atoms with van der Waals surface area (Å²) in [6, 6.07) is 13.4. The lowest BCUT2D eigenvalue weighted by molar-refractivity contribution is -0.384. The number of pyridine rings is 1. The molecular weight excluding hydrogens is 374 g/mol. The van der Waals surface area contributed by atoms with Gasteiger partial charge in [0.1, 0.15) is 23.2 Å². The maximum Gasteiger partial charge on any atom is 0.270 e. The Morgan fingerprint density at radius 3 is 2.93 bits per heavy atom. The molecule has 0 fully saturated rings. The van der Waals surface area contributed by atoms with Crippen LogP contribution in [0.3, 0.4) is 0 Å². The van der Waals surface area contributed by atoms with Gasteiger partial charge in [0.25, 0.3) is 5.69 Å². The van der Waals surface area contributed by atoms with E-state index >= 15 is 0 Å². The molecule has 0 bridgehead atoms. The summed E-state index contributed by atoms with van der Waals surface area (Å²) in [6.45, 7) is 2.10. The molecule has 0 aliphatic rings. The molecule has 2 aromatic heterocycles. The second-order valence-corrected chi connectivity index (χ2v) is 6.07. The number of furan rings is 1. The first-order valence-corrected chi connectivity index (χ1v) is 8.55. The van der Waals surface area contributed by atoms with Gasteiger partial charge >= 0.3 is 0 Å². The van der Waals surface area contributed by atoms with Crippen molar-refractivity contribution >= 4 is 17.7 Å². The number of nitro benzene ring substituents is 1. The van der Waals surface area contributed by atoms with Crippen molar-refractivity contribution in [3.63, 3.8) is 0 Å². The number of nitrogens with one attached hydrogen (secondary N) is 1. The molecule has 146 valence electrons. The van der Waals surface area contributed by atoms with E-state index in [1.807, 2.05) is 6.92 Å². The highest BCUT2D eigenvalue weighted by atomic mass is 16.6. The Kier molecular flexibility index (Phi) is 5.97. The van der Waals surface area contributed by atoms with Gasteiger partial charge in [-0.25, -0.2) is 4.98 Å². The number of aromatic nitrogens is 1. The lowest BCUT2D eigenvalue weighted by Crippen LogP contribution is -2.03. The van der Waals surface area contributed by atoms with Gasteiger partial charge in [-0.2, -0.15) is 10.4 Å². The van der Waals surface area contributed by atoms with E-state index in [1.54, 1.807) is 37.4 Å². The number of rotatable bonds is 7. The number of aryl methyl sites for hydroxylation is 1. The van der Waals surface area contributed by atoms with Crippen molar-refractivity contribution in [2.45, 2.75) is 13.5 Å². The summed E-state index contributed by atoms with van der Waals surface area (Å²) >= 11 is 0. The highest BCUT2D eigenvalue weighted by molar-refractivity contribution is 5.78. The molecular formula is C20H17N5O4. The Morgan fingerprint density at radius 2 is 2.21 bits per heavy atom. The number of methoxy groups -OCH3 is 1. The summed E-state index contributed by atoms with van der Waals surface area (Å²) < 4.78 is 10.8. The molecule has 0 aliphatic carbocycles. The molecule has 0 spiro atoms. The number of benzene rings is 1.